The summed E-state index contributed by atoms with van der Waals surface area (Å²) in [7, 11) is 0. The number of amides is 1. The van der Waals surface area contributed by atoms with Crippen LogP contribution in [-0.4, -0.2) is 51.6 Å². The van der Waals surface area contributed by atoms with E-state index in [4.69, 9.17) is 4.74 Å². The number of ether oxygens (including phenoxy) is 1. The number of imidazole rings is 1. The molecule has 0 radical (unpaired) electrons. The molecule has 1 amide bonds. The Morgan fingerprint density at radius 1 is 1.26 bits per heavy atom. The average Bonchev–Trinajstić information content (AvgIpc) is 3.21. The molecule has 0 saturated carbocycles. The first-order valence-electron chi connectivity index (χ1n) is 8.14. The van der Waals surface area contributed by atoms with Crippen LogP contribution in [-0.2, 0) is 22.5 Å². The molecule has 6 nitrogen and oxygen atoms in total. The fourth-order valence-electron chi connectivity index (χ4n) is 3.38. The lowest BCUT2D eigenvalue weighted by molar-refractivity contribution is -0.135. The fraction of sp³-hybridized carbons (Fsp3) is 0.471. The molecule has 4 heterocycles. The molecule has 2 aromatic rings. The van der Waals surface area contributed by atoms with Gasteiger partial charge in [0.05, 0.1) is 24.4 Å². The first-order valence-corrected chi connectivity index (χ1v) is 8.14. The Morgan fingerprint density at radius 3 is 3.00 bits per heavy atom. The molecule has 6 heteroatoms. The first-order chi connectivity index (χ1) is 11.3. The smallest absolute Gasteiger partial charge is 0.228 e. The summed E-state index contributed by atoms with van der Waals surface area (Å²) >= 11 is 0. The van der Waals surface area contributed by atoms with E-state index in [0.29, 0.717) is 13.2 Å². The van der Waals surface area contributed by atoms with E-state index in [-0.39, 0.29) is 11.8 Å². The topological polar surface area (TPSA) is 60.2 Å². The van der Waals surface area contributed by atoms with Crippen LogP contribution in [0, 0.1) is 5.92 Å². The van der Waals surface area contributed by atoms with Crippen LogP contribution >= 0.6 is 0 Å². The summed E-state index contributed by atoms with van der Waals surface area (Å²) in [6, 6.07) is 3.98. The summed E-state index contributed by atoms with van der Waals surface area (Å²) in [5, 5.41) is 0. The minimum Gasteiger partial charge on any atom is -0.381 e. The van der Waals surface area contributed by atoms with Crippen molar-refractivity contribution in [3.63, 3.8) is 0 Å². The predicted octanol–water partition coefficient (Wildman–Crippen LogP) is 1.37. The molecule has 120 valence electrons. The van der Waals surface area contributed by atoms with E-state index in [1.807, 2.05) is 29.4 Å². The number of aromatic nitrogens is 3. The van der Waals surface area contributed by atoms with Crippen molar-refractivity contribution in [1.29, 1.82) is 0 Å². The molecule has 2 aromatic heterocycles. The average molecular weight is 312 g/mol. The molecule has 2 aliphatic rings. The standard InChI is InChI=1S/C17H20N4O2/c22-17(14-4-9-23-12-14)20-6-3-16-19-11-15(21(16)8-7-20)13-2-1-5-18-10-13/h1-2,5,10-11,14H,3-4,6-9,12H2. The van der Waals surface area contributed by atoms with Gasteiger partial charge in [-0.05, 0) is 18.6 Å². The number of carbonyl (C=O) groups excluding carboxylic acids is 1. The molecule has 0 spiro atoms. The zero-order chi connectivity index (χ0) is 15.6. The van der Waals surface area contributed by atoms with Gasteiger partial charge in [-0.1, -0.05) is 0 Å². The molecule has 1 unspecified atom stereocenters. The quantitative estimate of drug-likeness (QED) is 0.840. The first kappa shape index (κ1) is 14.4. The summed E-state index contributed by atoms with van der Waals surface area (Å²) in [5.74, 6) is 1.32. The molecule has 1 fully saturated rings. The SMILES string of the molecule is O=C(C1CCOC1)N1CCc2ncc(-c3cccnc3)n2CC1. The lowest BCUT2D eigenvalue weighted by atomic mass is 10.1. The van der Waals surface area contributed by atoms with Crippen molar-refractivity contribution >= 4 is 5.91 Å². The van der Waals surface area contributed by atoms with E-state index in [1.165, 1.54) is 0 Å². The summed E-state index contributed by atoms with van der Waals surface area (Å²) in [5.41, 5.74) is 2.14. The van der Waals surface area contributed by atoms with Crippen LogP contribution in [0.5, 0.6) is 0 Å². The van der Waals surface area contributed by atoms with Gasteiger partial charge in [0.15, 0.2) is 0 Å². The maximum Gasteiger partial charge on any atom is 0.228 e. The number of rotatable bonds is 2. The minimum atomic E-state index is 0.0400. The lowest BCUT2D eigenvalue weighted by Gasteiger charge is -2.23. The minimum absolute atomic E-state index is 0.0400. The van der Waals surface area contributed by atoms with Gasteiger partial charge in [0, 0.05) is 50.6 Å². The Balaban J connectivity index is 1.53. The zero-order valence-corrected chi connectivity index (χ0v) is 13.0. The third kappa shape index (κ3) is 2.74. The molecule has 0 bridgehead atoms. The van der Waals surface area contributed by atoms with Crippen LogP contribution in [0.4, 0.5) is 0 Å². The van der Waals surface area contributed by atoms with Crippen LogP contribution in [0.25, 0.3) is 11.3 Å². The van der Waals surface area contributed by atoms with E-state index in [9.17, 15) is 4.79 Å². The van der Waals surface area contributed by atoms with Crippen molar-refractivity contribution in [3.05, 3.63) is 36.5 Å². The van der Waals surface area contributed by atoms with Gasteiger partial charge in [-0.3, -0.25) is 9.78 Å². The molecule has 2 aliphatic heterocycles. The van der Waals surface area contributed by atoms with Crippen molar-refractivity contribution in [2.24, 2.45) is 5.92 Å². The normalized spacial score (nSPS) is 21.0. The molecular formula is C17H20N4O2. The highest BCUT2D eigenvalue weighted by Gasteiger charge is 2.29. The second kappa shape index (κ2) is 6.12. The van der Waals surface area contributed by atoms with Crippen LogP contribution in [0.1, 0.15) is 12.2 Å². The monoisotopic (exact) mass is 312 g/mol. The van der Waals surface area contributed by atoms with Crippen molar-refractivity contribution in [3.8, 4) is 11.3 Å². The van der Waals surface area contributed by atoms with Crippen LogP contribution < -0.4 is 0 Å². The summed E-state index contributed by atoms with van der Waals surface area (Å²) in [6.45, 7) is 3.52. The summed E-state index contributed by atoms with van der Waals surface area (Å²) in [6.07, 6.45) is 7.18. The van der Waals surface area contributed by atoms with E-state index >= 15 is 0 Å². The Kier molecular flexibility index (Phi) is 3.83. The molecule has 0 N–H and O–H groups in total. The van der Waals surface area contributed by atoms with Crippen molar-refractivity contribution in [1.82, 2.24) is 19.4 Å². The highest BCUT2D eigenvalue weighted by atomic mass is 16.5. The third-order valence-corrected chi connectivity index (χ3v) is 4.68. The van der Waals surface area contributed by atoms with E-state index in [1.54, 1.807) is 6.20 Å². The Labute approximate surface area is 135 Å². The van der Waals surface area contributed by atoms with Gasteiger partial charge in [0.25, 0.3) is 0 Å². The maximum atomic E-state index is 12.6. The molecule has 0 aromatic carbocycles. The number of pyridine rings is 1. The number of hydrogen-bond acceptors (Lipinski definition) is 4. The van der Waals surface area contributed by atoms with E-state index < -0.39 is 0 Å². The van der Waals surface area contributed by atoms with Crippen LogP contribution in [0.2, 0.25) is 0 Å². The van der Waals surface area contributed by atoms with Gasteiger partial charge in [0.1, 0.15) is 5.82 Å². The van der Waals surface area contributed by atoms with Crippen LogP contribution in [0.3, 0.4) is 0 Å². The van der Waals surface area contributed by atoms with Crippen molar-refractivity contribution < 1.29 is 9.53 Å². The molecule has 1 atom stereocenters. The van der Waals surface area contributed by atoms with Gasteiger partial charge < -0.3 is 14.2 Å². The predicted molar refractivity (Wildman–Crippen MR) is 84.7 cm³/mol. The van der Waals surface area contributed by atoms with Gasteiger partial charge in [-0.15, -0.1) is 0 Å². The lowest BCUT2D eigenvalue weighted by Crippen LogP contribution is -2.38. The van der Waals surface area contributed by atoms with Crippen molar-refractivity contribution in [2.45, 2.75) is 19.4 Å². The van der Waals surface area contributed by atoms with Gasteiger partial charge in [0.2, 0.25) is 5.91 Å². The third-order valence-electron chi connectivity index (χ3n) is 4.68. The second-order valence-electron chi connectivity index (χ2n) is 6.09. The van der Waals surface area contributed by atoms with Gasteiger partial charge in [-0.25, -0.2) is 4.98 Å². The zero-order valence-electron chi connectivity index (χ0n) is 13.0. The molecular weight excluding hydrogens is 292 g/mol. The van der Waals surface area contributed by atoms with Crippen LogP contribution in [0.15, 0.2) is 30.7 Å². The highest BCUT2D eigenvalue weighted by molar-refractivity contribution is 5.79. The number of hydrogen-bond donors (Lipinski definition) is 0. The number of nitrogens with zero attached hydrogens (tertiary/aromatic N) is 4. The molecule has 23 heavy (non-hydrogen) atoms. The Bertz CT molecular complexity index is 692. The highest BCUT2D eigenvalue weighted by Crippen LogP contribution is 2.23. The Morgan fingerprint density at radius 2 is 2.22 bits per heavy atom. The number of fused-ring (bicyclic) bond motifs is 1. The molecule has 0 aliphatic carbocycles. The largest absolute Gasteiger partial charge is 0.381 e. The van der Waals surface area contributed by atoms with Crippen molar-refractivity contribution in [2.75, 3.05) is 26.3 Å². The number of carbonyl (C=O) groups is 1. The summed E-state index contributed by atoms with van der Waals surface area (Å²) in [4.78, 5) is 23.3. The maximum absolute atomic E-state index is 12.6. The second-order valence-corrected chi connectivity index (χ2v) is 6.09. The van der Waals surface area contributed by atoms with Gasteiger partial charge >= 0.3 is 0 Å². The van der Waals surface area contributed by atoms with E-state index in [2.05, 4.69) is 14.5 Å². The Hall–Kier alpha value is -2.21. The summed E-state index contributed by atoms with van der Waals surface area (Å²) < 4.78 is 7.57. The van der Waals surface area contributed by atoms with Gasteiger partial charge in [-0.2, -0.15) is 0 Å². The van der Waals surface area contributed by atoms with E-state index in [0.717, 1.165) is 49.6 Å². The fourth-order valence-corrected chi connectivity index (χ4v) is 3.38. The molecule has 1 saturated heterocycles. The molecule has 4 rings (SSSR count).